The Hall–Kier alpha value is -2.48. The van der Waals surface area contributed by atoms with Crippen LogP contribution in [0.15, 0.2) is 24.3 Å². The summed E-state index contributed by atoms with van der Waals surface area (Å²) in [6, 6.07) is 5.71. The Labute approximate surface area is 147 Å². The highest BCUT2D eigenvalue weighted by molar-refractivity contribution is 7.20. The minimum Gasteiger partial charge on any atom is -0.481 e. The Morgan fingerprint density at radius 3 is 2.68 bits per heavy atom. The largest absolute Gasteiger partial charge is 0.481 e. The number of rotatable bonds is 4. The molecular formula is C17H18N2O5S. The minimum atomic E-state index is -0.876. The van der Waals surface area contributed by atoms with E-state index < -0.39 is 16.8 Å². The monoisotopic (exact) mass is 362 g/mol. The molecular weight excluding hydrogens is 344 g/mol. The lowest BCUT2D eigenvalue weighted by Crippen LogP contribution is -2.42. The van der Waals surface area contributed by atoms with Gasteiger partial charge in [-0.25, -0.2) is 0 Å². The second-order valence-corrected chi connectivity index (χ2v) is 7.34. The van der Waals surface area contributed by atoms with Crippen LogP contribution < -0.4 is 5.32 Å². The Kier molecular flexibility index (Phi) is 4.98. The molecule has 1 fully saturated rings. The maximum Gasteiger partial charge on any atom is 0.308 e. The normalized spacial score (nSPS) is 20.8. The molecule has 0 saturated heterocycles. The maximum atomic E-state index is 12.6. The predicted molar refractivity (Wildman–Crippen MR) is 93.9 cm³/mol. The van der Waals surface area contributed by atoms with Crippen molar-refractivity contribution in [3.05, 3.63) is 39.3 Å². The van der Waals surface area contributed by atoms with Gasteiger partial charge in [0.1, 0.15) is 0 Å². The number of nitrogens with one attached hydrogen (secondary N) is 1. The first-order valence-electron chi connectivity index (χ1n) is 8.17. The summed E-state index contributed by atoms with van der Waals surface area (Å²) in [5.74, 6) is -1.76. The fourth-order valence-corrected chi connectivity index (χ4v) is 4.22. The number of carboxylic acid groups (broad SMARTS) is 1. The number of fused-ring (bicyclic) bond motifs is 1. The minimum absolute atomic E-state index is 0.0213. The van der Waals surface area contributed by atoms with Gasteiger partial charge in [-0.1, -0.05) is 19.3 Å². The molecule has 7 nitrogen and oxygen atoms in total. The topological polar surface area (TPSA) is 110 Å². The van der Waals surface area contributed by atoms with E-state index in [1.807, 2.05) is 0 Å². The molecule has 1 heterocycles. The van der Waals surface area contributed by atoms with Crippen molar-refractivity contribution in [1.29, 1.82) is 0 Å². The van der Waals surface area contributed by atoms with Crippen molar-refractivity contribution in [2.75, 3.05) is 0 Å². The van der Waals surface area contributed by atoms with Crippen molar-refractivity contribution in [1.82, 2.24) is 5.32 Å². The van der Waals surface area contributed by atoms with E-state index in [-0.39, 0.29) is 17.6 Å². The van der Waals surface area contributed by atoms with Gasteiger partial charge in [-0.05, 0) is 25.0 Å². The SMILES string of the molecule is O=C(N[C@H]1CCCCC[C@H]1C(=O)O)c1cc2cc([N+](=O)[O-])ccc2s1. The van der Waals surface area contributed by atoms with Gasteiger partial charge in [-0.3, -0.25) is 19.7 Å². The van der Waals surface area contributed by atoms with Crippen LogP contribution in [0.3, 0.4) is 0 Å². The zero-order valence-electron chi connectivity index (χ0n) is 13.4. The molecule has 132 valence electrons. The van der Waals surface area contributed by atoms with Crippen molar-refractivity contribution >= 4 is 39.0 Å². The van der Waals surface area contributed by atoms with Crippen molar-refractivity contribution < 1.29 is 19.6 Å². The molecule has 2 N–H and O–H groups in total. The molecule has 1 aliphatic rings. The molecule has 2 aromatic rings. The Balaban J connectivity index is 1.81. The summed E-state index contributed by atoms with van der Waals surface area (Å²) in [5.41, 5.74) is -0.0213. The van der Waals surface area contributed by atoms with E-state index in [0.717, 1.165) is 24.0 Å². The van der Waals surface area contributed by atoms with E-state index in [4.69, 9.17) is 0 Å². The fourth-order valence-electron chi connectivity index (χ4n) is 3.27. The van der Waals surface area contributed by atoms with Crippen molar-refractivity contribution in [2.45, 2.75) is 38.1 Å². The van der Waals surface area contributed by atoms with Gasteiger partial charge in [0.2, 0.25) is 0 Å². The lowest BCUT2D eigenvalue weighted by atomic mass is 9.95. The van der Waals surface area contributed by atoms with Crippen molar-refractivity contribution in [3.63, 3.8) is 0 Å². The highest BCUT2D eigenvalue weighted by atomic mass is 32.1. The molecule has 1 amide bonds. The molecule has 3 rings (SSSR count). The van der Waals surface area contributed by atoms with Gasteiger partial charge in [0.05, 0.1) is 15.7 Å². The molecule has 0 spiro atoms. The van der Waals surface area contributed by atoms with E-state index in [9.17, 15) is 24.8 Å². The quantitative estimate of drug-likeness (QED) is 0.491. The van der Waals surface area contributed by atoms with Gasteiger partial charge >= 0.3 is 5.97 Å². The van der Waals surface area contributed by atoms with Gasteiger partial charge in [0.15, 0.2) is 0 Å². The molecule has 2 atom stereocenters. The summed E-state index contributed by atoms with van der Waals surface area (Å²) in [4.78, 5) is 34.8. The van der Waals surface area contributed by atoms with Gasteiger partial charge in [-0.15, -0.1) is 11.3 Å². The van der Waals surface area contributed by atoms with E-state index in [2.05, 4.69) is 5.32 Å². The van der Waals surface area contributed by atoms with Gasteiger partial charge in [0, 0.05) is 28.3 Å². The first kappa shape index (κ1) is 17.3. The summed E-state index contributed by atoms with van der Waals surface area (Å²) in [7, 11) is 0. The summed E-state index contributed by atoms with van der Waals surface area (Å²) < 4.78 is 0.784. The van der Waals surface area contributed by atoms with E-state index in [1.54, 1.807) is 12.1 Å². The smallest absolute Gasteiger partial charge is 0.308 e. The van der Waals surface area contributed by atoms with Crippen LogP contribution >= 0.6 is 11.3 Å². The summed E-state index contributed by atoms with van der Waals surface area (Å²) >= 11 is 1.25. The number of non-ortho nitro benzene ring substituents is 1. The first-order valence-corrected chi connectivity index (χ1v) is 8.99. The van der Waals surface area contributed by atoms with Crippen molar-refractivity contribution in [3.8, 4) is 0 Å². The molecule has 1 aromatic carbocycles. The molecule has 0 unspecified atom stereocenters. The Bertz CT molecular complexity index is 832. The summed E-state index contributed by atoms with van der Waals surface area (Å²) in [6.07, 6.45) is 3.95. The molecule has 1 saturated carbocycles. The molecule has 8 heteroatoms. The van der Waals surface area contributed by atoms with E-state index in [0.29, 0.717) is 23.1 Å². The number of aliphatic carboxylic acids is 1. The average molecular weight is 362 g/mol. The number of thiophene rings is 1. The second-order valence-electron chi connectivity index (χ2n) is 6.25. The second kappa shape index (κ2) is 7.18. The number of benzene rings is 1. The molecule has 25 heavy (non-hydrogen) atoms. The zero-order valence-corrected chi connectivity index (χ0v) is 14.3. The number of amides is 1. The van der Waals surface area contributed by atoms with Gasteiger partial charge in [-0.2, -0.15) is 0 Å². The zero-order chi connectivity index (χ0) is 18.0. The lowest BCUT2D eigenvalue weighted by Gasteiger charge is -2.22. The highest BCUT2D eigenvalue weighted by Gasteiger charge is 2.31. The first-order chi connectivity index (χ1) is 12.0. The number of nitro groups is 1. The van der Waals surface area contributed by atoms with E-state index >= 15 is 0 Å². The highest BCUT2D eigenvalue weighted by Crippen LogP contribution is 2.30. The summed E-state index contributed by atoms with van der Waals surface area (Å²) in [6.45, 7) is 0. The Morgan fingerprint density at radius 1 is 1.20 bits per heavy atom. The van der Waals surface area contributed by atoms with Crippen LogP contribution in [-0.4, -0.2) is 27.9 Å². The number of carboxylic acids is 1. The molecule has 0 radical (unpaired) electrons. The summed E-state index contributed by atoms with van der Waals surface area (Å²) in [5, 5.41) is 23.8. The third kappa shape index (κ3) is 3.79. The van der Waals surface area contributed by atoms with E-state index in [1.165, 1.54) is 23.5 Å². The lowest BCUT2D eigenvalue weighted by molar-refractivity contribution is -0.384. The van der Waals surface area contributed by atoms with Crippen LogP contribution in [0.1, 0.15) is 41.8 Å². The third-order valence-corrected chi connectivity index (χ3v) is 5.70. The number of carbonyl (C=O) groups is 2. The third-order valence-electron chi connectivity index (χ3n) is 4.58. The van der Waals surface area contributed by atoms with Crippen LogP contribution in [0.4, 0.5) is 5.69 Å². The molecule has 1 aliphatic carbocycles. The average Bonchev–Trinajstić information content (AvgIpc) is 2.86. The fraction of sp³-hybridized carbons (Fsp3) is 0.412. The predicted octanol–water partition coefficient (Wildman–Crippen LogP) is 3.57. The molecule has 1 aromatic heterocycles. The number of nitrogens with zero attached hydrogens (tertiary/aromatic N) is 1. The van der Waals surface area contributed by atoms with Crippen LogP contribution in [0, 0.1) is 16.0 Å². The van der Waals surface area contributed by atoms with Crippen LogP contribution in [0.5, 0.6) is 0 Å². The van der Waals surface area contributed by atoms with Crippen molar-refractivity contribution in [2.24, 2.45) is 5.92 Å². The number of carbonyl (C=O) groups excluding carboxylic acids is 1. The standard InChI is InChI=1S/C17H18N2O5S/c20-16(18-13-5-3-1-2-4-12(13)17(21)22)15-9-10-8-11(19(23)24)6-7-14(10)25-15/h6-9,12-13H,1-5H2,(H,18,20)(H,21,22)/t12-,13+/m1/s1. The number of hydrogen-bond donors (Lipinski definition) is 2. The van der Waals surface area contributed by atoms with Gasteiger partial charge in [0.25, 0.3) is 11.6 Å². The number of nitro benzene ring substituents is 1. The maximum absolute atomic E-state index is 12.6. The van der Waals surface area contributed by atoms with Crippen LogP contribution in [0.2, 0.25) is 0 Å². The van der Waals surface area contributed by atoms with Crippen LogP contribution in [-0.2, 0) is 4.79 Å². The molecule has 0 bridgehead atoms. The van der Waals surface area contributed by atoms with Gasteiger partial charge < -0.3 is 10.4 Å². The number of hydrogen-bond acceptors (Lipinski definition) is 5. The van der Waals surface area contributed by atoms with Crippen LogP contribution in [0.25, 0.3) is 10.1 Å². The Morgan fingerprint density at radius 2 is 1.96 bits per heavy atom. The molecule has 0 aliphatic heterocycles.